The van der Waals surface area contributed by atoms with Gasteiger partial charge in [0, 0.05) is 54.8 Å². The van der Waals surface area contributed by atoms with Gasteiger partial charge in [-0.3, -0.25) is 38.6 Å². The van der Waals surface area contributed by atoms with Crippen LogP contribution < -0.4 is 54.8 Å². The van der Waals surface area contributed by atoms with Crippen molar-refractivity contribution < 1.29 is 33.6 Å². The number of rotatable bonds is 26. The Balaban J connectivity index is 1.56. The lowest BCUT2D eigenvalue weighted by atomic mass is 10.0. The molecule has 16 N–H and O–H groups in total. The smallest absolute Gasteiger partial charge is 0.243 e. The van der Waals surface area contributed by atoms with Crippen molar-refractivity contribution in [2.24, 2.45) is 27.9 Å². The van der Waals surface area contributed by atoms with Gasteiger partial charge in [-0.05, 0) is 43.4 Å². The molecule has 0 aliphatic carbocycles. The quantitative estimate of drug-likeness (QED) is 0.0196. The monoisotopic (exact) mass is 884 g/mol. The standard InChI is InChI=1S/C43H60N14O7/c1-3-4-14-31(53-36(58)21-44)39(61)52-25(2)38(60)56-35(20-28-23-48-24-51-28)42(64)57-34(18-26-11-6-5-7-12-26)41(63)54-32(16-10-17-49-43(46)47)40(62)55-33(37(45)59)19-27-22-50-30-15-9-8-13-29(27)30/h5-9,11-13,15,22-25,31-35,50H,3-4,10,14,16-21,44H2,1-2H3,(H2,45,59)(H,48,51)(H,52,61)(H,53,58)(H,54,63)(H,55,62)(H,56,60)(H,57,64)(H4,46,47,49)/t25-,31-,32-,33-,34+,35-/m0/s1. The highest BCUT2D eigenvalue weighted by molar-refractivity contribution is 5.97. The number of aromatic amines is 2. The number of unbranched alkanes of at least 4 members (excludes halogenated alkanes) is 1. The van der Waals surface area contributed by atoms with Crippen LogP contribution in [-0.4, -0.2) is 112 Å². The topological polar surface area (TPSA) is 353 Å². The summed E-state index contributed by atoms with van der Waals surface area (Å²) < 4.78 is 0. The predicted molar refractivity (Wildman–Crippen MR) is 239 cm³/mol. The van der Waals surface area contributed by atoms with E-state index in [1.54, 1.807) is 36.5 Å². The van der Waals surface area contributed by atoms with Gasteiger partial charge in [0.1, 0.15) is 36.3 Å². The lowest BCUT2D eigenvalue weighted by Gasteiger charge is -2.27. The molecule has 21 nitrogen and oxygen atoms in total. The number of hydrogen-bond acceptors (Lipinski definition) is 10. The third-order valence-electron chi connectivity index (χ3n) is 10.3. The Bertz CT molecular complexity index is 2210. The summed E-state index contributed by atoms with van der Waals surface area (Å²) in [6.07, 6.45) is 6.47. The van der Waals surface area contributed by atoms with Gasteiger partial charge in [-0.1, -0.05) is 68.3 Å². The molecule has 0 saturated carbocycles. The van der Waals surface area contributed by atoms with Crippen molar-refractivity contribution in [3.05, 3.63) is 90.1 Å². The molecule has 7 amide bonds. The molecular weight excluding hydrogens is 825 g/mol. The second-order valence-electron chi connectivity index (χ2n) is 15.3. The zero-order chi connectivity index (χ0) is 46.6. The van der Waals surface area contributed by atoms with Gasteiger partial charge in [-0.15, -0.1) is 0 Å². The van der Waals surface area contributed by atoms with Gasteiger partial charge in [0.25, 0.3) is 0 Å². The molecule has 0 radical (unpaired) electrons. The molecule has 0 aliphatic heterocycles. The molecule has 6 atom stereocenters. The van der Waals surface area contributed by atoms with Crippen molar-refractivity contribution in [1.29, 1.82) is 0 Å². The molecule has 4 aromatic rings. The van der Waals surface area contributed by atoms with Gasteiger partial charge >= 0.3 is 0 Å². The predicted octanol–water partition coefficient (Wildman–Crippen LogP) is -1.46. The molecule has 0 saturated heterocycles. The Labute approximate surface area is 370 Å². The van der Waals surface area contributed by atoms with Gasteiger partial charge in [0.2, 0.25) is 41.4 Å². The highest BCUT2D eigenvalue weighted by atomic mass is 16.2. The van der Waals surface area contributed by atoms with E-state index < -0.39 is 77.6 Å². The SMILES string of the molecule is CCCC[C@H](NC(=O)CN)C(=O)N[C@@H](C)C(=O)N[C@@H](Cc1cnc[nH]1)C(=O)N[C@H](Cc1ccccc1)C(=O)N[C@@H](CCCN=C(N)N)C(=O)N[C@@H](Cc1c[nH]c2ccccc12)C(N)=O. The van der Waals surface area contributed by atoms with Crippen LogP contribution >= 0.6 is 0 Å². The highest BCUT2D eigenvalue weighted by Crippen LogP contribution is 2.19. The number of nitrogens with two attached hydrogens (primary N) is 4. The molecule has 21 heteroatoms. The summed E-state index contributed by atoms with van der Waals surface area (Å²) in [6.45, 7) is 3.15. The molecule has 0 unspecified atom stereocenters. The maximum absolute atomic E-state index is 14.3. The van der Waals surface area contributed by atoms with Crippen LogP contribution in [-0.2, 0) is 52.8 Å². The number of aromatic nitrogens is 3. The summed E-state index contributed by atoms with van der Waals surface area (Å²) in [4.78, 5) is 108. The number of nitrogens with zero attached hydrogens (tertiary/aromatic N) is 2. The zero-order valence-corrected chi connectivity index (χ0v) is 36.0. The van der Waals surface area contributed by atoms with Crippen molar-refractivity contribution in [2.45, 2.75) is 101 Å². The van der Waals surface area contributed by atoms with E-state index in [-0.39, 0.29) is 51.2 Å². The number of hydrogen-bond donors (Lipinski definition) is 12. The minimum absolute atomic E-state index is 0.0241. The average molecular weight is 885 g/mol. The molecule has 0 fully saturated rings. The van der Waals surface area contributed by atoms with Crippen molar-refractivity contribution >= 4 is 58.2 Å². The van der Waals surface area contributed by atoms with Gasteiger partial charge in [0.05, 0.1) is 12.9 Å². The van der Waals surface area contributed by atoms with Crippen molar-refractivity contribution in [3.63, 3.8) is 0 Å². The Hall–Kier alpha value is -7.29. The Morgan fingerprint density at radius 3 is 1.92 bits per heavy atom. The molecule has 2 aromatic heterocycles. The van der Waals surface area contributed by atoms with Gasteiger partial charge in [0.15, 0.2) is 5.96 Å². The molecule has 0 bridgehead atoms. The van der Waals surface area contributed by atoms with E-state index in [9.17, 15) is 33.6 Å². The van der Waals surface area contributed by atoms with Crippen LogP contribution in [0.2, 0.25) is 0 Å². The van der Waals surface area contributed by atoms with Crippen LogP contribution in [0.15, 0.2) is 78.3 Å². The number of H-pyrrole nitrogens is 2. The number of nitrogens with one attached hydrogen (secondary N) is 8. The second-order valence-corrected chi connectivity index (χ2v) is 15.3. The summed E-state index contributed by atoms with van der Waals surface area (Å²) in [5, 5.41) is 16.9. The summed E-state index contributed by atoms with van der Waals surface area (Å²) in [6, 6.07) is 9.15. The normalized spacial score (nSPS) is 13.8. The number of carbonyl (C=O) groups is 7. The summed E-state index contributed by atoms with van der Waals surface area (Å²) in [7, 11) is 0. The van der Waals surface area contributed by atoms with E-state index in [2.05, 4.69) is 51.8 Å². The first-order valence-electron chi connectivity index (χ1n) is 21.1. The number of benzene rings is 2. The molecule has 64 heavy (non-hydrogen) atoms. The van der Waals surface area contributed by atoms with Crippen LogP contribution in [0.3, 0.4) is 0 Å². The lowest BCUT2D eigenvalue weighted by Crippen LogP contribution is -2.60. The van der Waals surface area contributed by atoms with Gasteiger partial charge in [-0.2, -0.15) is 0 Å². The average Bonchev–Trinajstić information content (AvgIpc) is 3.95. The van der Waals surface area contributed by atoms with Crippen molar-refractivity contribution in [2.75, 3.05) is 13.1 Å². The maximum atomic E-state index is 14.3. The molecule has 2 aromatic carbocycles. The van der Waals surface area contributed by atoms with E-state index in [0.29, 0.717) is 24.1 Å². The van der Waals surface area contributed by atoms with E-state index in [1.165, 1.54) is 19.4 Å². The number of carbonyl (C=O) groups excluding carboxylic acids is 7. The first-order chi connectivity index (χ1) is 30.7. The van der Waals surface area contributed by atoms with E-state index >= 15 is 0 Å². The second kappa shape index (κ2) is 25.0. The van der Waals surface area contributed by atoms with E-state index in [0.717, 1.165) is 22.9 Å². The van der Waals surface area contributed by atoms with Gasteiger partial charge in [-0.25, -0.2) is 4.98 Å². The number of fused-ring (bicyclic) bond motifs is 1. The number of aliphatic imine (C=N–C) groups is 1. The number of imidazole rings is 1. The minimum atomic E-state index is -1.30. The molecule has 2 heterocycles. The first kappa shape index (κ1) is 49.4. The van der Waals surface area contributed by atoms with Gasteiger partial charge < -0.3 is 64.8 Å². The molecule has 0 aliphatic rings. The molecule has 0 spiro atoms. The number of guanidine groups is 1. The fourth-order valence-corrected chi connectivity index (χ4v) is 6.82. The number of amides is 7. The van der Waals surface area contributed by atoms with Crippen molar-refractivity contribution in [1.82, 2.24) is 46.9 Å². The molecular formula is C43H60N14O7. The van der Waals surface area contributed by atoms with Crippen LogP contribution in [0.4, 0.5) is 0 Å². The first-order valence-corrected chi connectivity index (χ1v) is 21.1. The maximum Gasteiger partial charge on any atom is 0.243 e. The van der Waals surface area contributed by atoms with Crippen LogP contribution in [0.1, 0.15) is 62.8 Å². The summed E-state index contributed by atoms with van der Waals surface area (Å²) >= 11 is 0. The third-order valence-corrected chi connectivity index (χ3v) is 10.3. The summed E-state index contributed by atoms with van der Waals surface area (Å²) in [5.74, 6) is -5.07. The third kappa shape index (κ3) is 15.6. The van der Waals surface area contributed by atoms with Crippen LogP contribution in [0.25, 0.3) is 10.9 Å². The lowest BCUT2D eigenvalue weighted by molar-refractivity contribution is -0.135. The Kier molecular flexibility index (Phi) is 19.3. The minimum Gasteiger partial charge on any atom is -0.370 e. The number of primary amides is 1. The highest BCUT2D eigenvalue weighted by Gasteiger charge is 2.33. The molecule has 4 rings (SSSR count). The Morgan fingerprint density at radius 2 is 1.27 bits per heavy atom. The van der Waals surface area contributed by atoms with E-state index in [1.807, 2.05) is 31.2 Å². The summed E-state index contributed by atoms with van der Waals surface area (Å²) in [5.41, 5.74) is 24.9. The van der Waals surface area contributed by atoms with E-state index in [4.69, 9.17) is 22.9 Å². The molecule has 344 valence electrons. The fraction of sp³-hybridized carbons (Fsp3) is 0.419. The van der Waals surface area contributed by atoms with Crippen molar-refractivity contribution in [3.8, 4) is 0 Å². The Morgan fingerprint density at radius 1 is 0.672 bits per heavy atom. The largest absolute Gasteiger partial charge is 0.370 e. The zero-order valence-electron chi connectivity index (χ0n) is 36.0. The van der Waals surface area contributed by atoms with Crippen LogP contribution in [0, 0.1) is 0 Å². The number of para-hydroxylation sites is 1. The van der Waals surface area contributed by atoms with Crippen LogP contribution in [0.5, 0.6) is 0 Å². The fourth-order valence-electron chi connectivity index (χ4n) is 6.82.